The van der Waals surface area contributed by atoms with Gasteiger partial charge in [-0.15, -0.1) is 13.2 Å². The first-order valence-corrected chi connectivity index (χ1v) is 6.97. The SMILES string of the molecule is C=CCC(c1cccc(C(F)(F)F)c1)C(CC=C)(C(=O)O)C(=O)O. The van der Waals surface area contributed by atoms with Crippen LogP contribution in [0.25, 0.3) is 0 Å². The van der Waals surface area contributed by atoms with E-state index in [0.717, 1.165) is 24.3 Å². The lowest BCUT2D eigenvalue weighted by Crippen LogP contribution is -2.44. The summed E-state index contributed by atoms with van der Waals surface area (Å²) in [5.41, 5.74) is -3.34. The van der Waals surface area contributed by atoms with E-state index in [9.17, 15) is 33.0 Å². The largest absolute Gasteiger partial charge is 0.480 e. The number of alkyl halides is 3. The van der Waals surface area contributed by atoms with E-state index in [1.807, 2.05) is 0 Å². The number of halogens is 3. The first-order chi connectivity index (χ1) is 11.1. The number of carboxylic acid groups (broad SMARTS) is 2. The smallest absolute Gasteiger partial charge is 0.416 e. The van der Waals surface area contributed by atoms with Gasteiger partial charge in [0.2, 0.25) is 0 Å². The topological polar surface area (TPSA) is 74.6 Å². The number of hydrogen-bond acceptors (Lipinski definition) is 2. The minimum atomic E-state index is -4.62. The minimum absolute atomic E-state index is 0.0311. The molecule has 0 aromatic heterocycles. The van der Waals surface area contributed by atoms with Gasteiger partial charge in [-0.3, -0.25) is 9.59 Å². The maximum absolute atomic E-state index is 12.9. The van der Waals surface area contributed by atoms with E-state index in [4.69, 9.17) is 0 Å². The van der Waals surface area contributed by atoms with Crippen LogP contribution in [0.3, 0.4) is 0 Å². The van der Waals surface area contributed by atoms with Gasteiger partial charge >= 0.3 is 18.1 Å². The van der Waals surface area contributed by atoms with Crippen molar-refractivity contribution in [3.63, 3.8) is 0 Å². The zero-order chi connectivity index (χ0) is 18.5. The fourth-order valence-electron chi connectivity index (χ4n) is 2.65. The van der Waals surface area contributed by atoms with Gasteiger partial charge in [0, 0.05) is 5.92 Å². The third-order valence-electron chi connectivity index (χ3n) is 3.84. The van der Waals surface area contributed by atoms with E-state index in [1.54, 1.807) is 0 Å². The van der Waals surface area contributed by atoms with Gasteiger partial charge in [-0.1, -0.05) is 30.4 Å². The Kier molecular flexibility index (Phi) is 5.95. The third-order valence-corrected chi connectivity index (χ3v) is 3.84. The summed E-state index contributed by atoms with van der Waals surface area (Å²) in [4.78, 5) is 23.5. The predicted octanol–water partition coefficient (Wildman–Crippen LogP) is 4.10. The zero-order valence-electron chi connectivity index (χ0n) is 12.7. The summed E-state index contributed by atoms with van der Waals surface area (Å²) >= 11 is 0. The molecule has 1 aromatic rings. The molecule has 2 N–H and O–H groups in total. The van der Waals surface area contributed by atoms with Crippen LogP contribution in [0.4, 0.5) is 13.2 Å². The fraction of sp³-hybridized carbons (Fsp3) is 0.294. The molecule has 0 heterocycles. The lowest BCUT2D eigenvalue weighted by atomic mass is 9.68. The summed E-state index contributed by atoms with van der Waals surface area (Å²) in [5.74, 6) is -4.51. The van der Waals surface area contributed by atoms with Crippen molar-refractivity contribution in [2.45, 2.75) is 24.9 Å². The Labute approximate surface area is 136 Å². The maximum atomic E-state index is 12.9. The van der Waals surface area contributed by atoms with Crippen LogP contribution in [-0.2, 0) is 15.8 Å². The first-order valence-electron chi connectivity index (χ1n) is 6.97. The molecule has 1 unspecified atom stereocenters. The van der Waals surface area contributed by atoms with Crippen LogP contribution in [0.5, 0.6) is 0 Å². The summed E-state index contributed by atoms with van der Waals surface area (Å²) in [7, 11) is 0. The van der Waals surface area contributed by atoms with Gasteiger partial charge in [0.15, 0.2) is 5.41 Å². The zero-order valence-corrected chi connectivity index (χ0v) is 12.7. The average molecular weight is 342 g/mol. The van der Waals surface area contributed by atoms with Gasteiger partial charge in [-0.05, 0) is 24.5 Å². The van der Waals surface area contributed by atoms with Crippen molar-refractivity contribution in [2.75, 3.05) is 0 Å². The molecule has 130 valence electrons. The second-order valence-corrected chi connectivity index (χ2v) is 5.27. The van der Waals surface area contributed by atoms with Crippen LogP contribution >= 0.6 is 0 Å². The van der Waals surface area contributed by atoms with Crippen LogP contribution in [0.15, 0.2) is 49.6 Å². The second-order valence-electron chi connectivity index (χ2n) is 5.27. The first kappa shape index (κ1) is 19.5. The summed E-state index contributed by atoms with van der Waals surface area (Å²) in [6.07, 6.45) is -2.76. The van der Waals surface area contributed by atoms with Gasteiger partial charge in [-0.2, -0.15) is 13.2 Å². The van der Waals surface area contributed by atoms with E-state index in [-0.39, 0.29) is 12.0 Å². The van der Waals surface area contributed by atoms with Gasteiger partial charge in [0.05, 0.1) is 5.56 Å². The lowest BCUT2D eigenvalue weighted by molar-refractivity contribution is -0.166. The van der Waals surface area contributed by atoms with Crippen molar-refractivity contribution in [1.29, 1.82) is 0 Å². The Morgan fingerprint density at radius 3 is 2.12 bits per heavy atom. The second kappa shape index (κ2) is 7.33. The van der Waals surface area contributed by atoms with Crippen molar-refractivity contribution in [3.05, 3.63) is 60.7 Å². The molecule has 0 bridgehead atoms. The van der Waals surface area contributed by atoms with Crippen molar-refractivity contribution in [3.8, 4) is 0 Å². The van der Waals surface area contributed by atoms with Crippen molar-refractivity contribution >= 4 is 11.9 Å². The van der Waals surface area contributed by atoms with Crippen LogP contribution < -0.4 is 0 Å². The molecule has 1 aromatic carbocycles. The molecule has 4 nitrogen and oxygen atoms in total. The standard InChI is InChI=1S/C17H17F3O4/c1-3-6-13(16(9-4-2,14(21)22)15(23)24)11-7-5-8-12(10-11)17(18,19)20/h3-5,7-8,10,13H,1-2,6,9H2,(H,21,22)(H,23,24). The van der Waals surface area contributed by atoms with E-state index in [1.165, 1.54) is 12.1 Å². The number of allylic oxidation sites excluding steroid dienone is 2. The van der Waals surface area contributed by atoms with Crippen molar-refractivity contribution in [1.82, 2.24) is 0 Å². The Bertz CT molecular complexity index is 635. The molecule has 0 saturated carbocycles. The van der Waals surface area contributed by atoms with Crippen LogP contribution in [-0.4, -0.2) is 22.2 Å². The van der Waals surface area contributed by atoms with Gasteiger partial charge in [0.1, 0.15) is 0 Å². The van der Waals surface area contributed by atoms with Crippen molar-refractivity contribution in [2.24, 2.45) is 5.41 Å². The minimum Gasteiger partial charge on any atom is -0.480 e. The maximum Gasteiger partial charge on any atom is 0.416 e. The summed E-state index contributed by atoms with van der Waals surface area (Å²) in [6.45, 7) is 6.83. The number of benzene rings is 1. The Morgan fingerprint density at radius 2 is 1.71 bits per heavy atom. The van der Waals surface area contributed by atoms with E-state index in [2.05, 4.69) is 13.2 Å². The predicted molar refractivity (Wildman–Crippen MR) is 81.5 cm³/mol. The van der Waals surface area contributed by atoms with Gasteiger partial charge in [0.25, 0.3) is 0 Å². The highest BCUT2D eigenvalue weighted by atomic mass is 19.4. The molecule has 0 amide bonds. The molecule has 0 spiro atoms. The Morgan fingerprint density at radius 1 is 1.12 bits per heavy atom. The van der Waals surface area contributed by atoms with E-state index < -0.39 is 41.4 Å². The average Bonchev–Trinajstić information content (AvgIpc) is 2.49. The van der Waals surface area contributed by atoms with Gasteiger partial charge < -0.3 is 10.2 Å². The molecule has 0 aliphatic carbocycles. The number of aliphatic carboxylic acids is 2. The lowest BCUT2D eigenvalue weighted by Gasteiger charge is -2.33. The normalized spacial score (nSPS) is 13.1. The quantitative estimate of drug-likeness (QED) is 0.551. The number of carbonyl (C=O) groups is 2. The van der Waals surface area contributed by atoms with E-state index >= 15 is 0 Å². The number of carboxylic acids is 2. The molecule has 0 radical (unpaired) electrons. The fourth-order valence-corrected chi connectivity index (χ4v) is 2.65. The van der Waals surface area contributed by atoms with Crippen LogP contribution in [0.1, 0.15) is 29.9 Å². The monoisotopic (exact) mass is 342 g/mol. The van der Waals surface area contributed by atoms with Gasteiger partial charge in [-0.25, -0.2) is 0 Å². The highest BCUT2D eigenvalue weighted by Crippen LogP contribution is 2.44. The van der Waals surface area contributed by atoms with Crippen molar-refractivity contribution < 1.29 is 33.0 Å². The highest BCUT2D eigenvalue weighted by molar-refractivity contribution is 5.99. The molecule has 1 atom stereocenters. The number of hydrogen-bond donors (Lipinski definition) is 2. The summed E-state index contributed by atoms with van der Waals surface area (Å²) in [5, 5.41) is 19.1. The molecular formula is C17H17F3O4. The molecular weight excluding hydrogens is 325 g/mol. The highest BCUT2D eigenvalue weighted by Gasteiger charge is 2.52. The summed E-state index contributed by atoms with van der Waals surface area (Å²) in [6, 6.07) is 4.02. The molecule has 1 rings (SSSR count). The molecule has 0 saturated heterocycles. The Hall–Kier alpha value is -2.57. The molecule has 7 heteroatoms. The van der Waals surface area contributed by atoms with Crippen LogP contribution in [0.2, 0.25) is 0 Å². The third kappa shape index (κ3) is 3.67. The number of rotatable bonds is 8. The van der Waals surface area contributed by atoms with Crippen LogP contribution in [0, 0.1) is 5.41 Å². The molecule has 24 heavy (non-hydrogen) atoms. The molecule has 0 aliphatic heterocycles. The molecule has 0 fully saturated rings. The molecule has 0 aliphatic rings. The summed E-state index contributed by atoms with van der Waals surface area (Å²) < 4.78 is 38.7. The Balaban J connectivity index is 3.60. The van der Waals surface area contributed by atoms with E-state index in [0.29, 0.717) is 0 Å².